The maximum Gasteiger partial charge on any atom is 0.262 e. The van der Waals surface area contributed by atoms with E-state index in [1.54, 1.807) is 17.1 Å². The van der Waals surface area contributed by atoms with Gasteiger partial charge < -0.3 is 5.32 Å². The summed E-state index contributed by atoms with van der Waals surface area (Å²) >= 11 is 3.24. The molecule has 0 saturated carbocycles. The van der Waals surface area contributed by atoms with E-state index in [4.69, 9.17) is 0 Å². The summed E-state index contributed by atoms with van der Waals surface area (Å²) in [4.78, 5) is 0. The van der Waals surface area contributed by atoms with Gasteiger partial charge in [-0.25, -0.2) is 8.78 Å². The van der Waals surface area contributed by atoms with Gasteiger partial charge in [0.2, 0.25) is 0 Å². The zero-order valence-corrected chi connectivity index (χ0v) is 8.97. The Morgan fingerprint density at radius 2 is 2.43 bits per heavy atom. The molecular weight excluding hydrogens is 256 g/mol. The third kappa shape index (κ3) is 2.12. The van der Waals surface area contributed by atoms with Crippen molar-refractivity contribution in [3.63, 3.8) is 0 Å². The topological polar surface area (TPSA) is 29.9 Å². The standard InChI is InChI=1S/C8H10BrF2N3/c9-6-2-13-14(4-6)7-1-8(10,11)5-12-3-7/h2,4,7,12H,1,3,5H2. The monoisotopic (exact) mass is 265 g/mol. The summed E-state index contributed by atoms with van der Waals surface area (Å²) in [6.45, 7) is 0.315. The van der Waals surface area contributed by atoms with Gasteiger partial charge in [0.05, 0.1) is 23.3 Å². The second-order valence-corrected chi connectivity index (χ2v) is 4.40. The summed E-state index contributed by atoms with van der Waals surface area (Å²) in [6.07, 6.45) is 3.18. The Balaban J connectivity index is 2.12. The van der Waals surface area contributed by atoms with Gasteiger partial charge in [-0.15, -0.1) is 0 Å². The first-order chi connectivity index (χ1) is 6.57. The molecule has 1 aliphatic heterocycles. The van der Waals surface area contributed by atoms with Gasteiger partial charge >= 0.3 is 0 Å². The maximum atomic E-state index is 13.0. The van der Waals surface area contributed by atoms with E-state index in [1.165, 1.54) is 0 Å². The van der Waals surface area contributed by atoms with Crippen molar-refractivity contribution in [2.45, 2.75) is 18.4 Å². The van der Waals surface area contributed by atoms with Crippen LogP contribution in [0.1, 0.15) is 12.5 Å². The van der Waals surface area contributed by atoms with Gasteiger partial charge in [0.15, 0.2) is 0 Å². The van der Waals surface area contributed by atoms with Gasteiger partial charge in [-0.05, 0) is 15.9 Å². The molecule has 0 amide bonds. The van der Waals surface area contributed by atoms with Crippen LogP contribution in [0.25, 0.3) is 0 Å². The van der Waals surface area contributed by atoms with E-state index in [0.717, 1.165) is 4.47 Å². The average Bonchev–Trinajstić information content (AvgIpc) is 2.50. The third-order valence-electron chi connectivity index (χ3n) is 2.24. The fraction of sp³-hybridized carbons (Fsp3) is 0.625. The smallest absolute Gasteiger partial charge is 0.262 e. The Kier molecular flexibility index (Phi) is 2.57. The molecule has 0 aliphatic carbocycles. The highest BCUT2D eigenvalue weighted by Gasteiger charge is 2.37. The van der Waals surface area contributed by atoms with Gasteiger partial charge in [-0.3, -0.25) is 4.68 Å². The number of nitrogens with one attached hydrogen (secondary N) is 1. The zero-order chi connectivity index (χ0) is 10.2. The number of piperidine rings is 1. The molecule has 1 saturated heterocycles. The van der Waals surface area contributed by atoms with Gasteiger partial charge in [0, 0.05) is 19.2 Å². The minimum absolute atomic E-state index is 0.145. The van der Waals surface area contributed by atoms with E-state index in [1.807, 2.05) is 0 Å². The van der Waals surface area contributed by atoms with E-state index >= 15 is 0 Å². The van der Waals surface area contributed by atoms with Crippen LogP contribution in [-0.2, 0) is 0 Å². The molecule has 1 atom stereocenters. The lowest BCUT2D eigenvalue weighted by molar-refractivity contribution is -0.0381. The molecule has 2 rings (SSSR count). The van der Waals surface area contributed by atoms with Gasteiger partial charge in [-0.1, -0.05) is 0 Å². The lowest BCUT2D eigenvalue weighted by Crippen LogP contribution is -2.44. The highest BCUT2D eigenvalue weighted by Crippen LogP contribution is 2.29. The molecule has 3 nitrogen and oxygen atoms in total. The van der Waals surface area contributed by atoms with E-state index in [2.05, 4.69) is 26.3 Å². The van der Waals surface area contributed by atoms with Crippen LogP contribution in [0.3, 0.4) is 0 Å². The molecule has 1 fully saturated rings. The Labute approximate surface area is 88.6 Å². The van der Waals surface area contributed by atoms with Crippen LogP contribution in [0.15, 0.2) is 16.9 Å². The van der Waals surface area contributed by atoms with E-state index in [-0.39, 0.29) is 19.0 Å². The lowest BCUT2D eigenvalue weighted by atomic mass is 10.0. The Bertz CT molecular complexity index is 326. The number of aromatic nitrogens is 2. The Hall–Kier alpha value is -0.490. The van der Waals surface area contributed by atoms with E-state index < -0.39 is 5.92 Å². The lowest BCUT2D eigenvalue weighted by Gasteiger charge is -2.29. The molecule has 0 radical (unpaired) electrons. The number of rotatable bonds is 1. The largest absolute Gasteiger partial charge is 0.309 e. The van der Waals surface area contributed by atoms with Crippen LogP contribution in [-0.4, -0.2) is 28.8 Å². The predicted octanol–water partition coefficient (Wildman–Crippen LogP) is 1.82. The molecule has 0 spiro atoms. The molecule has 1 unspecified atom stereocenters. The average molecular weight is 266 g/mol. The van der Waals surface area contributed by atoms with Crippen molar-refractivity contribution < 1.29 is 8.78 Å². The number of alkyl halides is 2. The van der Waals surface area contributed by atoms with Gasteiger partial charge in [0.1, 0.15) is 0 Å². The molecule has 78 valence electrons. The molecule has 14 heavy (non-hydrogen) atoms. The van der Waals surface area contributed by atoms with Crippen molar-refractivity contribution in [2.24, 2.45) is 0 Å². The van der Waals surface area contributed by atoms with Crippen molar-refractivity contribution in [3.05, 3.63) is 16.9 Å². The molecule has 6 heteroatoms. The molecule has 1 aromatic rings. The number of halogens is 3. The molecular formula is C8H10BrF2N3. The summed E-state index contributed by atoms with van der Waals surface area (Å²) in [5.41, 5.74) is 0. The van der Waals surface area contributed by atoms with Crippen LogP contribution < -0.4 is 5.32 Å². The van der Waals surface area contributed by atoms with Crippen LogP contribution in [0.4, 0.5) is 8.78 Å². The molecule has 1 aromatic heterocycles. The Morgan fingerprint density at radius 3 is 3.00 bits per heavy atom. The van der Waals surface area contributed by atoms with Crippen molar-refractivity contribution in [3.8, 4) is 0 Å². The first-order valence-electron chi connectivity index (χ1n) is 4.35. The maximum absolute atomic E-state index is 13.0. The van der Waals surface area contributed by atoms with Crippen LogP contribution in [0.5, 0.6) is 0 Å². The summed E-state index contributed by atoms with van der Waals surface area (Å²) in [5, 5.41) is 6.71. The van der Waals surface area contributed by atoms with E-state index in [9.17, 15) is 8.78 Å². The highest BCUT2D eigenvalue weighted by atomic mass is 79.9. The third-order valence-corrected chi connectivity index (χ3v) is 2.65. The van der Waals surface area contributed by atoms with Crippen molar-refractivity contribution in [1.29, 1.82) is 0 Å². The van der Waals surface area contributed by atoms with Crippen molar-refractivity contribution in [1.82, 2.24) is 15.1 Å². The van der Waals surface area contributed by atoms with Crippen LogP contribution in [0.2, 0.25) is 0 Å². The fourth-order valence-corrected chi connectivity index (χ4v) is 1.91. The summed E-state index contributed by atoms with van der Waals surface area (Å²) in [7, 11) is 0. The predicted molar refractivity (Wildman–Crippen MR) is 51.4 cm³/mol. The molecule has 0 bridgehead atoms. The van der Waals surface area contributed by atoms with Gasteiger partial charge in [0.25, 0.3) is 5.92 Å². The van der Waals surface area contributed by atoms with Crippen molar-refractivity contribution in [2.75, 3.05) is 13.1 Å². The normalized spacial score (nSPS) is 26.4. The fourth-order valence-electron chi connectivity index (χ4n) is 1.61. The molecule has 2 heterocycles. The highest BCUT2D eigenvalue weighted by molar-refractivity contribution is 9.10. The Morgan fingerprint density at radius 1 is 1.64 bits per heavy atom. The minimum Gasteiger partial charge on any atom is -0.309 e. The second kappa shape index (κ2) is 3.58. The SMILES string of the molecule is FC1(F)CNCC(n2cc(Br)cn2)C1. The molecule has 1 N–H and O–H groups in total. The van der Waals surface area contributed by atoms with E-state index in [0.29, 0.717) is 6.54 Å². The minimum atomic E-state index is -2.62. The molecule has 0 aromatic carbocycles. The number of hydrogen-bond acceptors (Lipinski definition) is 2. The zero-order valence-electron chi connectivity index (χ0n) is 7.38. The molecule has 1 aliphatic rings. The summed E-state index contributed by atoms with van der Waals surface area (Å²) < 4.78 is 28.4. The second-order valence-electron chi connectivity index (χ2n) is 3.48. The number of nitrogens with zero attached hydrogens (tertiary/aromatic N) is 2. The first kappa shape index (κ1) is 10.0. The van der Waals surface area contributed by atoms with Gasteiger partial charge in [-0.2, -0.15) is 5.10 Å². The van der Waals surface area contributed by atoms with Crippen LogP contribution in [0, 0.1) is 0 Å². The van der Waals surface area contributed by atoms with Crippen molar-refractivity contribution >= 4 is 15.9 Å². The van der Waals surface area contributed by atoms with Crippen LogP contribution >= 0.6 is 15.9 Å². The summed E-state index contributed by atoms with van der Waals surface area (Å²) in [5.74, 6) is -2.62. The summed E-state index contributed by atoms with van der Waals surface area (Å²) in [6, 6.07) is -0.259. The first-order valence-corrected chi connectivity index (χ1v) is 5.14. The quantitative estimate of drug-likeness (QED) is 0.840. The number of hydrogen-bond donors (Lipinski definition) is 1.